The van der Waals surface area contributed by atoms with Crippen molar-refractivity contribution in [3.63, 3.8) is 0 Å². The molecule has 2 atom stereocenters. The molecule has 1 aromatic heterocycles. The summed E-state index contributed by atoms with van der Waals surface area (Å²) in [5, 5.41) is 7.26. The Morgan fingerprint density at radius 3 is 2.38 bits per heavy atom. The number of benzene rings is 2. The van der Waals surface area contributed by atoms with E-state index < -0.39 is 28.2 Å². The summed E-state index contributed by atoms with van der Waals surface area (Å²) in [6.45, 7) is 0. The van der Waals surface area contributed by atoms with Gasteiger partial charge in [0.1, 0.15) is 17.4 Å². The van der Waals surface area contributed by atoms with Gasteiger partial charge in [0, 0.05) is 4.91 Å². The minimum atomic E-state index is -1.27. The Kier molecular flexibility index (Phi) is 6.84. The lowest BCUT2D eigenvalue weighted by molar-refractivity contribution is -0.151. The number of fused-ring (bicyclic) bond motifs is 1. The van der Waals surface area contributed by atoms with Crippen molar-refractivity contribution in [2.45, 2.75) is 23.1 Å². The predicted octanol–water partition coefficient (Wildman–Crippen LogP) is 3.45. The van der Waals surface area contributed by atoms with Gasteiger partial charge in [-0.2, -0.15) is 5.10 Å². The van der Waals surface area contributed by atoms with Crippen molar-refractivity contribution in [3.05, 3.63) is 88.7 Å². The molecule has 0 radical (unpaired) electrons. The van der Waals surface area contributed by atoms with Crippen LogP contribution in [0.1, 0.15) is 23.7 Å². The van der Waals surface area contributed by atoms with Crippen LogP contribution in [0.4, 0.5) is 0 Å². The summed E-state index contributed by atoms with van der Waals surface area (Å²) in [5.74, 6) is -0.608. The summed E-state index contributed by atoms with van der Waals surface area (Å²) in [7, 11) is -1.27. The molecule has 2 aliphatic heterocycles. The Morgan fingerprint density at radius 2 is 1.79 bits per heavy atom. The molecule has 11 heteroatoms. The molecule has 0 aliphatic carbocycles. The van der Waals surface area contributed by atoms with Crippen LogP contribution in [-0.4, -0.2) is 52.4 Å². The predicted molar refractivity (Wildman–Crippen MR) is 131 cm³/mol. The van der Waals surface area contributed by atoms with Gasteiger partial charge in [-0.25, -0.2) is 9.78 Å². The summed E-state index contributed by atoms with van der Waals surface area (Å²) in [6, 6.07) is 18.9. The first kappa shape index (κ1) is 22.9. The van der Waals surface area contributed by atoms with Gasteiger partial charge < -0.3 is 4.74 Å². The highest BCUT2D eigenvalue weighted by molar-refractivity contribution is 8.18. The molecule has 3 heterocycles. The van der Waals surface area contributed by atoms with Crippen molar-refractivity contribution < 1.29 is 18.5 Å². The second-order valence-corrected chi connectivity index (χ2v) is 11.5. The molecule has 2 aliphatic rings. The molecule has 0 bridgehead atoms. The second kappa shape index (κ2) is 10.2. The zero-order valence-electron chi connectivity index (χ0n) is 17.8. The summed E-state index contributed by atoms with van der Waals surface area (Å²) >= 11 is 2.77. The van der Waals surface area contributed by atoms with E-state index in [-0.39, 0.29) is 23.8 Å². The molecule has 8 nitrogen and oxygen atoms in total. The molecule has 2 aromatic carbocycles. The number of hydrogen-bond donors (Lipinski definition) is 1. The number of esters is 1. The van der Waals surface area contributed by atoms with Crippen LogP contribution in [0.25, 0.3) is 0 Å². The summed E-state index contributed by atoms with van der Waals surface area (Å²) in [5.41, 5.74) is 1.84. The lowest BCUT2D eigenvalue weighted by atomic mass is 10.0. The van der Waals surface area contributed by atoms with Crippen LogP contribution in [-0.2, 0) is 25.1 Å². The smallest absolute Gasteiger partial charge is 0.356 e. The normalized spacial score (nSPS) is 19.7. The molecule has 1 fully saturated rings. The van der Waals surface area contributed by atoms with E-state index in [2.05, 4.69) is 15.2 Å². The van der Waals surface area contributed by atoms with Gasteiger partial charge in [0.05, 0.1) is 28.1 Å². The van der Waals surface area contributed by atoms with Gasteiger partial charge in [-0.05, 0) is 11.1 Å². The number of aromatic amines is 1. The van der Waals surface area contributed by atoms with Crippen molar-refractivity contribution >= 4 is 46.2 Å². The molecule has 0 spiro atoms. The number of carbonyl (C=O) groups excluding carboxylic acids is 2. The van der Waals surface area contributed by atoms with Gasteiger partial charge in [-0.3, -0.25) is 19.0 Å². The molecule has 174 valence electrons. The molecule has 0 saturated carbocycles. The first-order valence-electron chi connectivity index (χ1n) is 10.5. The maximum atomic E-state index is 13.6. The lowest BCUT2D eigenvalue weighted by Gasteiger charge is -2.44. The maximum absolute atomic E-state index is 13.6. The largest absolute Gasteiger partial charge is 0.448 e. The number of ether oxygens (including phenoxy) is 1. The number of nitrogens with one attached hydrogen (secondary N) is 1. The van der Waals surface area contributed by atoms with Crippen molar-refractivity contribution in [3.8, 4) is 0 Å². The van der Waals surface area contributed by atoms with E-state index in [1.54, 1.807) is 0 Å². The van der Waals surface area contributed by atoms with Gasteiger partial charge in [0.25, 0.3) is 0 Å². The van der Waals surface area contributed by atoms with Crippen molar-refractivity contribution in [2.75, 3.05) is 10.8 Å². The molecule has 1 N–H and O–H groups in total. The SMILES string of the molecule is O=C(OC(c1ccccc1)c1ccccc1)C1=C(SCSc2ncn[nH]2)CS(=O)[C@@H]2CC(=O)N12. The topological polar surface area (TPSA) is 105 Å². The van der Waals surface area contributed by atoms with Gasteiger partial charge in [-0.15, -0.1) is 11.8 Å². The standard InChI is InChI=1S/C23H20N4O4S3/c28-18-11-19-27(18)20(17(12-34(19)30)32-14-33-23-24-13-25-26-23)22(29)31-21(15-7-3-1-4-8-15)16-9-5-2-6-10-16/h1-10,13,19,21H,11-12,14H2,(H,24,25,26)/t19-,34?/m1/s1. The minimum Gasteiger partial charge on any atom is -0.448 e. The zero-order valence-corrected chi connectivity index (χ0v) is 20.3. The van der Waals surface area contributed by atoms with Gasteiger partial charge in [0.2, 0.25) is 5.91 Å². The van der Waals surface area contributed by atoms with Gasteiger partial charge >= 0.3 is 5.97 Å². The van der Waals surface area contributed by atoms with E-state index in [0.717, 1.165) is 11.1 Å². The van der Waals surface area contributed by atoms with Crippen LogP contribution in [0.5, 0.6) is 0 Å². The fourth-order valence-corrected chi connectivity index (χ4v) is 7.65. The number of thioether (sulfide) groups is 2. The van der Waals surface area contributed by atoms with Crippen molar-refractivity contribution in [1.82, 2.24) is 20.1 Å². The molecule has 1 saturated heterocycles. The number of H-pyrrole nitrogens is 1. The highest BCUT2D eigenvalue weighted by Crippen LogP contribution is 2.41. The summed E-state index contributed by atoms with van der Waals surface area (Å²) in [6.07, 6.45) is 0.954. The fraction of sp³-hybridized carbons (Fsp3) is 0.217. The summed E-state index contributed by atoms with van der Waals surface area (Å²) in [4.78, 5) is 32.1. The molecular weight excluding hydrogens is 492 g/mol. The molecule has 3 aromatic rings. The molecule has 5 rings (SSSR count). The minimum absolute atomic E-state index is 0.176. The number of carbonyl (C=O) groups is 2. The first-order chi connectivity index (χ1) is 16.6. The van der Waals surface area contributed by atoms with E-state index in [0.29, 0.717) is 15.1 Å². The monoisotopic (exact) mass is 512 g/mol. The molecule has 1 unspecified atom stereocenters. The van der Waals surface area contributed by atoms with Crippen molar-refractivity contribution in [1.29, 1.82) is 0 Å². The van der Waals surface area contributed by atoms with Crippen LogP contribution < -0.4 is 0 Å². The number of β-lactam (4-membered cyclic amide) rings is 1. The van der Waals surface area contributed by atoms with Gasteiger partial charge in [-0.1, -0.05) is 72.4 Å². The Bertz CT molecular complexity index is 1200. The van der Waals surface area contributed by atoms with Gasteiger partial charge in [0.15, 0.2) is 11.3 Å². The third-order valence-electron chi connectivity index (χ3n) is 5.43. The number of amides is 1. The molecule has 1 amide bonds. The van der Waals surface area contributed by atoms with E-state index in [1.807, 2.05) is 60.7 Å². The van der Waals surface area contributed by atoms with E-state index in [4.69, 9.17) is 4.74 Å². The van der Waals surface area contributed by atoms with E-state index in [1.165, 1.54) is 34.8 Å². The van der Waals surface area contributed by atoms with Crippen LogP contribution in [0.15, 0.2) is 82.7 Å². The Balaban J connectivity index is 1.44. The Labute approximate surface area is 207 Å². The maximum Gasteiger partial charge on any atom is 0.356 e. The first-order valence-corrected chi connectivity index (χ1v) is 13.8. The van der Waals surface area contributed by atoms with Crippen LogP contribution in [0.2, 0.25) is 0 Å². The van der Waals surface area contributed by atoms with Crippen LogP contribution in [0, 0.1) is 0 Å². The van der Waals surface area contributed by atoms with Crippen LogP contribution >= 0.6 is 23.5 Å². The summed E-state index contributed by atoms with van der Waals surface area (Å²) < 4.78 is 18.8. The highest BCUT2D eigenvalue weighted by atomic mass is 32.2. The van der Waals surface area contributed by atoms with E-state index in [9.17, 15) is 13.8 Å². The zero-order chi connectivity index (χ0) is 23.5. The number of rotatable bonds is 8. The quantitative estimate of drug-likeness (QED) is 0.212. The number of nitrogens with zero attached hydrogens (tertiary/aromatic N) is 3. The number of hydrogen-bond acceptors (Lipinski definition) is 8. The highest BCUT2D eigenvalue weighted by Gasteiger charge is 2.49. The average Bonchev–Trinajstić information content (AvgIpc) is 3.37. The number of aromatic nitrogens is 3. The third-order valence-corrected chi connectivity index (χ3v) is 9.27. The van der Waals surface area contributed by atoms with Crippen LogP contribution in [0.3, 0.4) is 0 Å². The van der Waals surface area contributed by atoms with E-state index >= 15 is 0 Å². The third kappa shape index (κ3) is 4.68. The second-order valence-electron chi connectivity index (χ2n) is 7.52. The molecular formula is C23H20N4O4S3. The van der Waals surface area contributed by atoms with Crippen molar-refractivity contribution in [2.24, 2.45) is 0 Å². The lowest BCUT2D eigenvalue weighted by Crippen LogP contribution is -2.58. The fourth-order valence-electron chi connectivity index (χ4n) is 3.78. The molecule has 34 heavy (non-hydrogen) atoms. The Morgan fingerprint density at radius 1 is 1.12 bits per heavy atom. The Hall–Kier alpha value is -2.89. The average molecular weight is 513 g/mol.